The predicted octanol–water partition coefficient (Wildman–Crippen LogP) is 3.02. The molecule has 1 aromatic rings. The monoisotopic (exact) mass is 309 g/mol. The van der Waals surface area contributed by atoms with Crippen molar-refractivity contribution < 1.29 is 14.9 Å². The number of hydrogen-bond acceptors (Lipinski definition) is 4. The number of rotatable bonds is 11. The summed E-state index contributed by atoms with van der Waals surface area (Å²) < 4.78 is 5.72. The van der Waals surface area contributed by atoms with Gasteiger partial charge < -0.3 is 20.7 Å². The average Bonchev–Trinajstić information content (AvgIpc) is 2.53. The van der Waals surface area contributed by atoms with Crippen molar-refractivity contribution in [2.24, 2.45) is 11.7 Å². The van der Waals surface area contributed by atoms with Crippen molar-refractivity contribution in [2.75, 3.05) is 13.2 Å². The Balaban J connectivity index is 2.57. The van der Waals surface area contributed by atoms with E-state index in [4.69, 9.17) is 10.5 Å². The van der Waals surface area contributed by atoms with Crippen molar-refractivity contribution in [1.29, 1.82) is 0 Å². The minimum atomic E-state index is -0.564. The molecule has 0 saturated carbocycles. The number of ether oxygens (including phenoxy) is 1. The molecule has 0 amide bonds. The van der Waals surface area contributed by atoms with Crippen LogP contribution < -0.4 is 10.5 Å². The second-order valence-electron chi connectivity index (χ2n) is 5.88. The van der Waals surface area contributed by atoms with E-state index >= 15 is 0 Å². The quantitative estimate of drug-likeness (QED) is 0.587. The molecule has 0 fully saturated rings. The van der Waals surface area contributed by atoms with Crippen molar-refractivity contribution >= 4 is 0 Å². The largest absolute Gasteiger partial charge is 0.491 e. The molecule has 0 aliphatic heterocycles. The molecular formula is C18H31NO3. The Hall–Kier alpha value is -1.10. The lowest BCUT2D eigenvalue weighted by Gasteiger charge is -2.22. The highest BCUT2D eigenvalue weighted by atomic mass is 16.5. The molecule has 22 heavy (non-hydrogen) atoms. The number of aliphatic hydroxyl groups excluding tert-OH is 2. The maximum Gasteiger partial charge on any atom is 0.119 e. The first kappa shape index (κ1) is 18.9. The summed E-state index contributed by atoms with van der Waals surface area (Å²) in [5.41, 5.74) is 6.27. The molecule has 0 saturated heterocycles. The van der Waals surface area contributed by atoms with Gasteiger partial charge in [-0.15, -0.1) is 0 Å². The molecule has 0 aromatic heterocycles. The van der Waals surface area contributed by atoms with Gasteiger partial charge in [-0.2, -0.15) is 0 Å². The number of aliphatic hydroxyl groups is 2. The summed E-state index contributed by atoms with van der Waals surface area (Å²) in [5, 5.41) is 20.3. The van der Waals surface area contributed by atoms with Crippen LogP contribution in [0.4, 0.5) is 0 Å². The molecule has 4 N–H and O–H groups in total. The highest BCUT2D eigenvalue weighted by Gasteiger charge is 2.18. The molecule has 2 atom stereocenters. The van der Waals surface area contributed by atoms with Crippen LogP contribution in [0.5, 0.6) is 5.75 Å². The molecule has 0 radical (unpaired) electrons. The molecule has 1 rings (SSSR count). The lowest BCUT2D eigenvalue weighted by Crippen LogP contribution is -2.27. The minimum absolute atomic E-state index is 0.293. The molecule has 0 aliphatic rings. The third-order valence-electron chi connectivity index (χ3n) is 3.97. The molecule has 4 heteroatoms. The molecule has 4 nitrogen and oxygen atoms in total. The zero-order valence-electron chi connectivity index (χ0n) is 13.9. The second kappa shape index (κ2) is 10.6. The van der Waals surface area contributed by atoms with Gasteiger partial charge in [0.25, 0.3) is 0 Å². The van der Waals surface area contributed by atoms with Crippen LogP contribution in [0.2, 0.25) is 0 Å². The highest BCUT2D eigenvalue weighted by Crippen LogP contribution is 2.23. The van der Waals surface area contributed by atoms with E-state index in [1.807, 2.05) is 24.3 Å². The van der Waals surface area contributed by atoms with E-state index < -0.39 is 12.2 Å². The molecule has 0 aliphatic carbocycles. The molecule has 126 valence electrons. The summed E-state index contributed by atoms with van der Waals surface area (Å²) in [4.78, 5) is 0. The third kappa shape index (κ3) is 6.34. The first-order valence-corrected chi connectivity index (χ1v) is 8.41. The van der Waals surface area contributed by atoms with Crippen LogP contribution in [0.1, 0.15) is 57.6 Å². The van der Waals surface area contributed by atoms with Gasteiger partial charge in [0.1, 0.15) is 12.4 Å². The van der Waals surface area contributed by atoms with E-state index in [0.717, 1.165) is 31.2 Å². The highest BCUT2D eigenvalue weighted by molar-refractivity contribution is 5.29. The lowest BCUT2D eigenvalue weighted by atomic mass is 9.93. The summed E-state index contributed by atoms with van der Waals surface area (Å²) in [5.74, 6) is 0.973. The Morgan fingerprint density at radius 2 is 1.77 bits per heavy atom. The number of benzene rings is 1. The summed E-state index contributed by atoms with van der Waals surface area (Å²) in [7, 11) is 0. The third-order valence-corrected chi connectivity index (χ3v) is 3.97. The minimum Gasteiger partial charge on any atom is -0.491 e. The molecular weight excluding hydrogens is 278 g/mol. The molecule has 0 spiro atoms. The Bertz CT molecular complexity index is 405. The fourth-order valence-electron chi connectivity index (χ4n) is 2.72. The van der Waals surface area contributed by atoms with Gasteiger partial charge in [0.05, 0.1) is 12.2 Å². The van der Waals surface area contributed by atoms with E-state index in [0.29, 0.717) is 31.2 Å². The Morgan fingerprint density at radius 3 is 2.36 bits per heavy atom. The second-order valence-corrected chi connectivity index (χ2v) is 5.88. The maximum atomic E-state index is 10.3. The van der Waals surface area contributed by atoms with Crippen LogP contribution in [0.25, 0.3) is 0 Å². The van der Waals surface area contributed by atoms with Gasteiger partial charge in [-0.1, -0.05) is 38.8 Å². The van der Waals surface area contributed by atoms with Crippen LogP contribution >= 0.6 is 0 Å². The van der Waals surface area contributed by atoms with Crippen molar-refractivity contribution in [1.82, 2.24) is 0 Å². The van der Waals surface area contributed by atoms with Gasteiger partial charge >= 0.3 is 0 Å². The van der Waals surface area contributed by atoms with E-state index in [1.165, 1.54) is 0 Å². The normalized spacial score (nSPS) is 14.1. The van der Waals surface area contributed by atoms with Crippen molar-refractivity contribution in [3.63, 3.8) is 0 Å². The number of hydrogen-bond donors (Lipinski definition) is 3. The van der Waals surface area contributed by atoms with Crippen LogP contribution in [-0.2, 0) is 0 Å². The van der Waals surface area contributed by atoms with Crippen LogP contribution in [-0.4, -0.2) is 29.5 Å². The van der Waals surface area contributed by atoms with Gasteiger partial charge in [0.2, 0.25) is 0 Å². The Morgan fingerprint density at radius 1 is 1.09 bits per heavy atom. The van der Waals surface area contributed by atoms with Gasteiger partial charge in [0.15, 0.2) is 0 Å². The molecule has 0 heterocycles. The van der Waals surface area contributed by atoms with Crippen LogP contribution in [0.3, 0.4) is 0 Å². The van der Waals surface area contributed by atoms with Crippen molar-refractivity contribution in [3.8, 4) is 5.75 Å². The fraction of sp³-hybridized carbons (Fsp3) is 0.667. The van der Waals surface area contributed by atoms with Gasteiger partial charge in [-0.3, -0.25) is 0 Å². The maximum absolute atomic E-state index is 10.3. The van der Waals surface area contributed by atoms with Gasteiger partial charge in [-0.25, -0.2) is 0 Å². The van der Waals surface area contributed by atoms with E-state index in [2.05, 4.69) is 13.8 Å². The lowest BCUT2D eigenvalue weighted by molar-refractivity contribution is 0.0489. The van der Waals surface area contributed by atoms with E-state index in [-0.39, 0.29) is 0 Å². The average molecular weight is 309 g/mol. The topological polar surface area (TPSA) is 75.7 Å². The fourth-order valence-corrected chi connectivity index (χ4v) is 2.72. The van der Waals surface area contributed by atoms with E-state index in [9.17, 15) is 10.2 Å². The van der Waals surface area contributed by atoms with Crippen molar-refractivity contribution in [2.45, 2.75) is 58.2 Å². The molecule has 1 aromatic carbocycles. The first-order chi connectivity index (χ1) is 10.6. The molecule has 2 unspecified atom stereocenters. The zero-order chi connectivity index (χ0) is 16.4. The summed E-state index contributed by atoms with van der Waals surface area (Å²) in [6.45, 7) is 5.01. The standard InChI is InChI=1S/C18H31NO3/c1-3-6-14(7-4-2)18(21)13-22-16-9-5-8-15(12-16)17(20)10-11-19/h5,8-9,12,14,17-18,20-21H,3-4,6-7,10-11,13,19H2,1-2H3. The van der Waals surface area contributed by atoms with Gasteiger partial charge in [-0.05, 0) is 49.4 Å². The summed E-state index contributed by atoms with van der Waals surface area (Å²) in [6.07, 6.45) is 3.71. The summed E-state index contributed by atoms with van der Waals surface area (Å²) >= 11 is 0. The van der Waals surface area contributed by atoms with Crippen LogP contribution in [0.15, 0.2) is 24.3 Å². The summed E-state index contributed by atoms with van der Waals surface area (Å²) in [6, 6.07) is 7.38. The Kier molecular flexibility index (Phi) is 9.13. The Labute approximate surface area is 134 Å². The number of nitrogens with two attached hydrogens (primary N) is 1. The zero-order valence-corrected chi connectivity index (χ0v) is 13.9. The predicted molar refractivity (Wildman–Crippen MR) is 89.9 cm³/mol. The van der Waals surface area contributed by atoms with Gasteiger partial charge in [0, 0.05) is 0 Å². The van der Waals surface area contributed by atoms with Crippen molar-refractivity contribution in [3.05, 3.63) is 29.8 Å². The smallest absolute Gasteiger partial charge is 0.119 e. The van der Waals surface area contributed by atoms with Crippen LogP contribution in [0, 0.1) is 5.92 Å². The molecule has 0 bridgehead atoms. The first-order valence-electron chi connectivity index (χ1n) is 8.41. The van der Waals surface area contributed by atoms with E-state index in [1.54, 1.807) is 0 Å². The SMILES string of the molecule is CCCC(CCC)C(O)COc1cccc(C(O)CCN)c1.